The molecule has 8 nitrogen and oxygen atoms in total. The quantitative estimate of drug-likeness (QED) is 0.179. The van der Waals surface area contributed by atoms with E-state index < -0.39 is 47.2 Å². The topological polar surface area (TPSA) is 117 Å². The first-order valence-corrected chi connectivity index (χ1v) is 13.3. The highest BCUT2D eigenvalue weighted by molar-refractivity contribution is 6.35. The predicted octanol–water partition coefficient (Wildman–Crippen LogP) is 3.94. The number of nitrogens with two attached hydrogens (primary N) is 1. The van der Waals surface area contributed by atoms with Crippen molar-refractivity contribution in [3.63, 3.8) is 0 Å². The van der Waals surface area contributed by atoms with E-state index in [0.717, 1.165) is 12.5 Å². The molecule has 2 rings (SSSR count). The molecule has 1 aliphatic heterocycles. The fraction of sp³-hybridized carbons (Fsp3) is 0.552. The van der Waals surface area contributed by atoms with Gasteiger partial charge in [-0.1, -0.05) is 64.6 Å². The fourth-order valence-corrected chi connectivity index (χ4v) is 4.46. The van der Waals surface area contributed by atoms with Crippen LogP contribution in [0.2, 0.25) is 0 Å². The Morgan fingerprint density at radius 3 is 2.28 bits per heavy atom. The van der Waals surface area contributed by atoms with Crippen molar-refractivity contribution in [2.45, 2.75) is 85.0 Å². The number of amidine groups is 1. The van der Waals surface area contributed by atoms with Crippen LogP contribution in [0, 0.1) is 11.8 Å². The maximum absolute atomic E-state index is 15.5. The molecule has 1 saturated heterocycles. The van der Waals surface area contributed by atoms with Gasteiger partial charge in [0.25, 0.3) is 5.91 Å². The van der Waals surface area contributed by atoms with Crippen LogP contribution in [0.15, 0.2) is 52.5 Å². The molecule has 39 heavy (non-hydrogen) atoms. The minimum absolute atomic E-state index is 0.0516. The molecule has 0 saturated carbocycles. The molecule has 1 aromatic carbocycles. The summed E-state index contributed by atoms with van der Waals surface area (Å²) in [6.45, 7) is 13.6. The largest absolute Gasteiger partial charge is 0.386 e. The summed E-state index contributed by atoms with van der Waals surface area (Å²) in [5, 5.41) is 2.50. The van der Waals surface area contributed by atoms with E-state index in [-0.39, 0.29) is 29.9 Å². The smallest absolute Gasteiger partial charge is 0.308 e. The molecule has 0 aliphatic carbocycles. The molecule has 3 unspecified atom stereocenters. The minimum atomic E-state index is -3.42. The van der Waals surface area contributed by atoms with Crippen LogP contribution < -0.4 is 11.1 Å². The summed E-state index contributed by atoms with van der Waals surface area (Å²) in [6.07, 6.45) is 1.13. The summed E-state index contributed by atoms with van der Waals surface area (Å²) in [5.41, 5.74) is 6.39. The third kappa shape index (κ3) is 8.03. The number of hydrogen-bond acceptors (Lipinski definition) is 5. The Balaban J connectivity index is 2.28. The Kier molecular flexibility index (Phi) is 11.1. The lowest BCUT2D eigenvalue weighted by atomic mass is 9.91. The van der Waals surface area contributed by atoms with Gasteiger partial charge in [-0.15, -0.1) is 0 Å². The van der Waals surface area contributed by atoms with Gasteiger partial charge in [0.1, 0.15) is 11.9 Å². The highest BCUT2D eigenvalue weighted by atomic mass is 19.3. The molecule has 0 aromatic heterocycles. The number of amides is 2. The van der Waals surface area contributed by atoms with Gasteiger partial charge in [0.15, 0.2) is 0 Å². The normalized spacial score (nSPS) is 18.3. The highest BCUT2D eigenvalue weighted by Crippen LogP contribution is 2.33. The van der Waals surface area contributed by atoms with Gasteiger partial charge in [-0.2, -0.15) is 8.78 Å². The Labute approximate surface area is 229 Å². The molecule has 3 N–H and O–H groups in total. The lowest BCUT2D eigenvalue weighted by Gasteiger charge is -2.32. The summed E-state index contributed by atoms with van der Waals surface area (Å²) in [6, 6.07) is 6.55. The first kappa shape index (κ1) is 31.8. The maximum Gasteiger partial charge on any atom is 0.308 e. The van der Waals surface area contributed by atoms with Crippen LogP contribution in [0.4, 0.5) is 8.78 Å². The molecule has 0 bridgehead atoms. The SMILES string of the molecule is C=C(C(N=C(N)C1CCCN1C(=O)C(NC(=O)C(C)=O)C(C)C)C(C)C)C(F)(F)C(C)=NCc1ccccc1. The summed E-state index contributed by atoms with van der Waals surface area (Å²) in [4.78, 5) is 46.9. The third-order valence-corrected chi connectivity index (χ3v) is 6.89. The van der Waals surface area contributed by atoms with Crippen LogP contribution in [-0.2, 0) is 20.9 Å². The first-order chi connectivity index (χ1) is 18.2. The maximum atomic E-state index is 15.5. The number of alkyl halides is 2. The van der Waals surface area contributed by atoms with Crippen LogP contribution in [-0.4, -0.2) is 64.6 Å². The van der Waals surface area contributed by atoms with Crippen molar-refractivity contribution in [2.24, 2.45) is 27.6 Å². The molecule has 1 aliphatic rings. The van der Waals surface area contributed by atoms with Crippen LogP contribution >= 0.6 is 0 Å². The second-order valence-electron chi connectivity index (χ2n) is 10.7. The number of hydrogen-bond donors (Lipinski definition) is 2. The van der Waals surface area contributed by atoms with Gasteiger partial charge in [0, 0.05) is 19.0 Å². The van der Waals surface area contributed by atoms with Crippen molar-refractivity contribution in [2.75, 3.05) is 6.54 Å². The van der Waals surface area contributed by atoms with Gasteiger partial charge in [-0.25, -0.2) is 0 Å². The second kappa shape index (κ2) is 13.6. The summed E-state index contributed by atoms with van der Waals surface area (Å²) in [5.74, 6) is -5.95. The van der Waals surface area contributed by atoms with Crippen molar-refractivity contribution < 1.29 is 23.2 Å². The Hall–Kier alpha value is -3.43. The van der Waals surface area contributed by atoms with E-state index >= 15 is 8.78 Å². The van der Waals surface area contributed by atoms with Gasteiger partial charge in [-0.3, -0.25) is 24.4 Å². The van der Waals surface area contributed by atoms with Gasteiger partial charge in [-0.05, 0) is 37.2 Å². The minimum Gasteiger partial charge on any atom is -0.386 e. The number of nitrogens with zero attached hydrogens (tertiary/aromatic N) is 3. The summed E-state index contributed by atoms with van der Waals surface area (Å²) in [7, 11) is 0. The number of aliphatic imine (C=N–C) groups is 2. The molecule has 3 atom stereocenters. The van der Waals surface area contributed by atoms with E-state index in [9.17, 15) is 14.4 Å². The van der Waals surface area contributed by atoms with Crippen LogP contribution in [0.25, 0.3) is 0 Å². The van der Waals surface area contributed by atoms with Crippen molar-refractivity contribution in [3.8, 4) is 0 Å². The number of rotatable bonds is 12. The van der Waals surface area contributed by atoms with E-state index in [1.54, 1.807) is 27.7 Å². The third-order valence-electron chi connectivity index (χ3n) is 6.89. The molecule has 1 aromatic rings. The lowest BCUT2D eigenvalue weighted by molar-refractivity contribution is -0.141. The Morgan fingerprint density at radius 1 is 1.13 bits per heavy atom. The van der Waals surface area contributed by atoms with Crippen LogP contribution in [0.5, 0.6) is 0 Å². The van der Waals surface area contributed by atoms with Crippen molar-refractivity contribution in [3.05, 3.63) is 48.0 Å². The van der Waals surface area contributed by atoms with E-state index in [1.165, 1.54) is 11.8 Å². The van der Waals surface area contributed by atoms with Gasteiger partial charge >= 0.3 is 5.92 Å². The number of ketones is 1. The molecule has 1 fully saturated rings. The number of nitrogens with one attached hydrogen (secondary N) is 1. The average Bonchev–Trinajstić information content (AvgIpc) is 3.38. The van der Waals surface area contributed by atoms with Crippen LogP contribution in [0.1, 0.15) is 59.9 Å². The highest BCUT2D eigenvalue weighted by Gasteiger charge is 2.42. The zero-order valence-corrected chi connectivity index (χ0v) is 23.7. The van der Waals surface area contributed by atoms with E-state index in [0.29, 0.717) is 19.4 Å². The molecule has 10 heteroatoms. The number of benzene rings is 1. The van der Waals surface area contributed by atoms with Gasteiger partial charge in [0.2, 0.25) is 11.7 Å². The van der Waals surface area contributed by atoms with Gasteiger partial charge < -0.3 is 16.0 Å². The molecular formula is C29H41F2N5O3. The zero-order valence-electron chi connectivity index (χ0n) is 23.7. The van der Waals surface area contributed by atoms with Crippen molar-refractivity contribution in [1.29, 1.82) is 0 Å². The Bertz CT molecular complexity index is 1120. The van der Waals surface area contributed by atoms with Gasteiger partial charge in [0.05, 0.1) is 24.3 Å². The number of carbonyl (C=O) groups is 3. The fourth-order valence-electron chi connectivity index (χ4n) is 4.46. The molecule has 1 heterocycles. The number of likely N-dealkylation sites (tertiary alicyclic amines) is 1. The van der Waals surface area contributed by atoms with E-state index in [1.807, 2.05) is 30.3 Å². The number of carbonyl (C=O) groups excluding carboxylic acids is 3. The molecule has 0 spiro atoms. The van der Waals surface area contributed by atoms with E-state index in [2.05, 4.69) is 21.9 Å². The Morgan fingerprint density at radius 2 is 1.74 bits per heavy atom. The summed E-state index contributed by atoms with van der Waals surface area (Å²) < 4.78 is 30.9. The predicted molar refractivity (Wildman–Crippen MR) is 150 cm³/mol. The van der Waals surface area contributed by atoms with E-state index in [4.69, 9.17) is 5.73 Å². The molecular weight excluding hydrogens is 504 g/mol. The number of halogens is 2. The standard InChI is InChI=1S/C29H41F2N5O3/c1-17(2)24(19(5)29(30,31)21(7)33-16-22-12-9-8-10-13-22)34-26(32)23-14-11-15-36(23)28(39)25(18(3)4)35-27(38)20(6)37/h8-10,12-13,17-18,23-25H,5,11,14-16H2,1-4,6-7H3,(H2,32,34)(H,35,38). The monoisotopic (exact) mass is 545 g/mol. The van der Waals surface area contributed by atoms with Crippen molar-refractivity contribution >= 4 is 29.1 Å². The van der Waals surface area contributed by atoms with Crippen molar-refractivity contribution in [1.82, 2.24) is 10.2 Å². The second-order valence-corrected chi connectivity index (χ2v) is 10.7. The zero-order chi connectivity index (χ0) is 29.5. The lowest BCUT2D eigenvalue weighted by Crippen LogP contribution is -2.55. The molecule has 0 radical (unpaired) electrons. The summed E-state index contributed by atoms with van der Waals surface area (Å²) >= 11 is 0. The van der Waals surface area contributed by atoms with Crippen LogP contribution in [0.3, 0.4) is 0 Å². The number of Topliss-reactive ketones (excluding diaryl/α,β-unsaturated/α-hetero) is 1. The average molecular weight is 546 g/mol. The molecule has 214 valence electrons. The first-order valence-electron chi connectivity index (χ1n) is 13.3. The molecule has 2 amide bonds.